The Kier molecular flexibility index (Phi) is 8.07. The third-order valence-corrected chi connectivity index (χ3v) is 11.0. The van der Waals surface area contributed by atoms with Gasteiger partial charge in [-0.15, -0.1) is 0 Å². The summed E-state index contributed by atoms with van der Waals surface area (Å²) in [5, 5.41) is 2.41. The van der Waals surface area contributed by atoms with Crippen LogP contribution < -0.4 is 4.90 Å². The van der Waals surface area contributed by atoms with Gasteiger partial charge in [-0.2, -0.15) is 0 Å². The van der Waals surface area contributed by atoms with E-state index in [0.717, 1.165) is 67.2 Å². The van der Waals surface area contributed by atoms with Crippen molar-refractivity contribution >= 4 is 51.0 Å². The third-order valence-electron chi connectivity index (χ3n) is 11.0. The first-order chi connectivity index (χ1) is 28.8. The molecule has 0 bridgehead atoms. The predicted octanol–water partition coefficient (Wildman–Crippen LogP) is 13.6. The molecule has 0 saturated heterocycles. The van der Waals surface area contributed by atoms with E-state index < -0.39 is 0 Å². The van der Waals surface area contributed by atoms with Crippen molar-refractivity contribution in [3.05, 3.63) is 211 Å². The van der Waals surface area contributed by atoms with Crippen LogP contribution in [0.3, 0.4) is 0 Å². The lowest BCUT2D eigenvalue weighted by molar-refractivity contribution is 1.07. The summed E-state index contributed by atoms with van der Waals surface area (Å²) in [5.41, 5.74) is 14.1. The van der Waals surface area contributed by atoms with Crippen LogP contribution in [0.1, 0.15) is 11.1 Å². The molecule has 58 heavy (non-hydrogen) atoms. The zero-order chi connectivity index (χ0) is 38.4. The summed E-state index contributed by atoms with van der Waals surface area (Å²) in [6.07, 6.45) is 4.50. The highest BCUT2D eigenvalue weighted by Crippen LogP contribution is 2.48. The number of benzene rings is 8. The lowest BCUT2D eigenvalue weighted by Crippen LogP contribution is -2.13. The van der Waals surface area contributed by atoms with E-state index in [9.17, 15) is 0 Å². The Labute approximate surface area is 336 Å². The van der Waals surface area contributed by atoms with Gasteiger partial charge in [-0.25, -0.2) is 15.0 Å². The number of nitrogens with zero attached hydrogens (tertiary/aromatic N) is 5. The van der Waals surface area contributed by atoms with Crippen LogP contribution in [-0.2, 0) is 0 Å². The van der Waals surface area contributed by atoms with E-state index >= 15 is 0 Å². The molecule has 5 heteroatoms. The van der Waals surface area contributed by atoms with Gasteiger partial charge in [0, 0.05) is 44.4 Å². The molecule has 11 rings (SSSR count). The van der Waals surface area contributed by atoms with Crippen molar-refractivity contribution in [2.75, 3.05) is 4.90 Å². The molecule has 0 N–H and O–H groups in total. The first-order valence-corrected chi connectivity index (χ1v) is 19.5. The molecular weight excluding hydrogens is 707 g/mol. The summed E-state index contributed by atoms with van der Waals surface area (Å²) in [4.78, 5) is 17.4. The minimum absolute atomic E-state index is 0.630. The zero-order valence-electron chi connectivity index (χ0n) is 31.4. The van der Waals surface area contributed by atoms with Gasteiger partial charge in [0.2, 0.25) is 0 Å². The van der Waals surface area contributed by atoms with Crippen molar-refractivity contribution in [3.63, 3.8) is 0 Å². The van der Waals surface area contributed by atoms with E-state index in [0.29, 0.717) is 17.5 Å². The normalized spacial score (nSPS) is 12.0. The molecule has 0 radical (unpaired) electrons. The van der Waals surface area contributed by atoms with Crippen LogP contribution in [-0.4, -0.2) is 19.5 Å². The summed E-state index contributed by atoms with van der Waals surface area (Å²) in [5.74, 6) is 1.92. The monoisotopic (exact) mass is 741 g/mol. The van der Waals surface area contributed by atoms with Crippen molar-refractivity contribution in [1.29, 1.82) is 0 Å². The van der Waals surface area contributed by atoms with Crippen LogP contribution in [0, 0.1) is 0 Å². The van der Waals surface area contributed by atoms with Gasteiger partial charge in [0.25, 0.3) is 0 Å². The first kappa shape index (κ1) is 33.4. The molecule has 272 valence electrons. The van der Waals surface area contributed by atoms with Crippen molar-refractivity contribution in [2.45, 2.75) is 0 Å². The van der Waals surface area contributed by atoms with Crippen LogP contribution in [0.5, 0.6) is 0 Å². The number of hydrogen-bond donors (Lipinski definition) is 0. The van der Waals surface area contributed by atoms with Crippen LogP contribution in [0.2, 0.25) is 0 Å². The maximum Gasteiger partial charge on any atom is 0.164 e. The second kappa shape index (κ2) is 14.0. The van der Waals surface area contributed by atoms with Crippen LogP contribution >= 0.6 is 0 Å². The molecule has 0 saturated carbocycles. The molecule has 0 atom stereocenters. The average Bonchev–Trinajstić information content (AvgIpc) is 3.54. The maximum atomic E-state index is 5.02. The minimum Gasteiger partial charge on any atom is -0.307 e. The summed E-state index contributed by atoms with van der Waals surface area (Å²) in [6, 6.07) is 70.3. The molecule has 0 amide bonds. The molecule has 2 aromatic heterocycles. The van der Waals surface area contributed by atoms with Gasteiger partial charge in [0.1, 0.15) is 0 Å². The average molecular weight is 742 g/mol. The second-order valence-electron chi connectivity index (χ2n) is 14.5. The van der Waals surface area contributed by atoms with Gasteiger partial charge in [0.15, 0.2) is 17.5 Å². The van der Waals surface area contributed by atoms with Crippen molar-refractivity contribution in [2.24, 2.45) is 0 Å². The smallest absolute Gasteiger partial charge is 0.164 e. The topological polar surface area (TPSA) is 46.8 Å². The van der Waals surface area contributed by atoms with Crippen LogP contribution in [0.15, 0.2) is 200 Å². The van der Waals surface area contributed by atoms with E-state index in [2.05, 4.69) is 161 Å². The van der Waals surface area contributed by atoms with Crippen LogP contribution in [0.25, 0.3) is 84.9 Å². The van der Waals surface area contributed by atoms with Gasteiger partial charge in [-0.3, -0.25) is 0 Å². The lowest BCUT2D eigenvalue weighted by atomic mass is 10.0. The number of fused-ring (bicyclic) bond motifs is 6. The molecule has 1 aliphatic rings. The highest BCUT2D eigenvalue weighted by molar-refractivity contribution is 6.17. The highest BCUT2D eigenvalue weighted by Gasteiger charge is 2.26. The Balaban J connectivity index is 1.09. The first-order valence-electron chi connectivity index (χ1n) is 19.5. The maximum absolute atomic E-state index is 5.02. The number of hydrogen-bond acceptors (Lipinski definition) is 4. The zero-order valence-corrected chi connectivity index (χ0v) is 31.4. The van der Waals surface area contributed by atoms with Gasteiger partial charge in [-0.1, -0.05) is 170 Å². The van der Waals surface area contributed by atoms with E-state index in [1.807, 2.05) is 60.7 Å². The standard InChI is InChI=1S/C53H35N5/c1-4-17-38(18-5-1)51-54-52(39-19-6-2-7-20-39)56-53(55-51)42-23-14-21-40(34-42)41-22-15-26-44(35-41)58-48-29-13-11-27-45(48)46-33-32-37-31-30-36-16-10-12-28-47(36)57(49(37)50(46)58)43-24-8-3-9-25-43/h1-35H. The minimum atomic E-state index is 0.630. The molecule has 5 nitrogen and oxygen atoms in total. The van der Waals surface area contributed by atoms with E-state index in [1.54, 1.807) is 0 Å². The van der Waals surface area contributed by atoms with Crippen molar-refractivity contribution in [3.8, 4) is 51.0 Å². The van der Waals surface area contributed by atoms with Gasteiger partial charge in [-0.05, 0) is 59.2 Å². The van der Waals surface area contributed by atoms with Crippen molar-refractivity contribution < 1.29 is 0 Å². The van der Waals surface area contributed by atoms with Gasteiger partial charge >= 0.3 is 0 Å². The number of para-hydroxylation sites is 3. The number of aromatic nitrogens is 4. The van der Waals surface area contributed by atoms with E-state index in [1.165, 1.54) is 16.3 Å². The lowest BCUT2D eigenvalue weighted by Gasteiger charge is -2.28. The molecule has 0 unspecified atom stereocenters. The summed E-state index contributed by atoms with van der Waals surface area (Å²) < 4.78 is 2.44. The molecule has 0 fully saturated rings. The Morgan fingerprint density at radius 1 is 0.345 bits per heavy atom. The number of rotatable bonds is 6. The fourth-order valence-electron chi connectivity index (χ4n) is 8.27. The third kappa shape index (κ3) is 5.76. The van der Waals surface area contributed by atoms with Gasteiger partial charge < -0.3 is 9.47 Å². The quantitative estimate of drug-likeness (QED) is 0.170. The molecule has 0 spiro atoms. The highest BCUT2D eigenvalue weighted by atomic mass is 15.2. The number of anilines is 3. The fourth-order valence-corrected chi connectivity index (χ4v) is 8.27. The summed E-state index contributed by atoms with van der Waals surface area (Å²) >= 11 is 0. The van der Waals surface area contributed by atoms with Gasteiger partial charge in [0.05, 0.1) is 22.4 Å². The summed E-state index contributed by atoms with van der Waals surface area (Å²) in [7, 11) is 0. The molecule has 1 aliphatic heterocycles. The van der Waals surface area contributed by atoms with E-state index in [4.69, 9.17) is 15.0 Å². The second-order valence-corrected chi connectivity index (χ2v) is 14.5. The fraction of sp³-hybridized carbons (Fsp3) is 0. The molecule has 3 heterocycles. The van der Waals surface area contributed by atoms with Crippen LogP contribution in [0.4, 0.5) is 17.1 Å². The Hall–Kier alpha value is -7.89. The molecule has 10 aromatic rings. The predicted molar refractivity (Wildman–Crippen MR) is 240 cm³/mol. The summed E-state index contributed by atoms with van der Waals surface area (Å²) in [6.45, 7) is 0. The SMILES string of the molecule is C1=Cc2ccc3c4ccccc4n(-c4cccc(-c5cccc(-c6nc(-c7ccccc7)nc(-c7ccccc7)n6)c5)c4)c3c2N(c2ccccc2)c2ccccc21. The van der Waals surface area contributed by atoms with Crippen molar-refractivity contribution in [1.82, 2.24) is 19.5 Å². The Bertz CT molecular complexity index is 3110. The Morgan fingerprint density at radius 2 is 0.879 bits per heavy atom. The molecule has 0 aliphatic carbocycles. The molecule has 8 aromatic carbocycles. The van der Waals surface area contributed by atoms with E-state index in [-0.39, 0.29) is 0 Å². The molecular formula is C53H35N5. The Morgan fingerprint density at radius 3 is 1.62 bits per heavy atom. The largest absolute Gasteiger partial charge is 0.307 e.